The Labute approximate surface area is 195 Å². The molecule has 180 valence electrons. The van der Waals surface area contributed by atoms with Crippen molar-refractivity contribution in [3.63, 3.8) is 0 Å². The lowest BCUT2D eigenvalue weighted by Crippen LogP contribution is -2.28. The number of ketones is 1. The van der Waals surface area contributed by atoms with Gasteiger partial charge < -0.3 is 19.1 Å². The first kappa shape index (κ1) is 26.2. The summed E-state index contributed by atoms with van der Waals surface area (Å²) in [6.45, 7) is 2.71. The first-order valence-corrected chi connectivity index (χ1v) is 12.5. The van der Waals surface area contributed by atoms with Gasteiger partial charge in [0.05, 0.1) is 25.2 Å². The number of Topliss-reactive ketones (excluding diaryl/α,β-unsaturated/α-hetero) is 1. The SMILES string of the molecule is COc1cc(C(C)=O)ccc1OCCCC(=O)N(C)CCCOc1cccc(S(C)(=O)=O)c1. The third kappa shape index (κ3) is 8.42. The van der Waals surface area contributed by atoms with Crippen LogP contribution >= 0.6 is 0 Å². The second-order valence-corrected chi connectivity index (χ2v) is 9.65. The van der Waals surface area contributed by atoms with E-state index < -0.39 is 9.84 Å². The van der Waals surface area contributed by atoms with E-state index in [1.807, 2.05) is 0 Å². The predicted octanol–water partition coefficient (Wildman–Crippen LogP) is 3.39. The molecule has 0 aliphatic carbocycles. The van der Waals surface area contributed by atoms with Crippen LogP contribution in [0.15, 0.2) is 47.4 Å². The Morgan fingerprint density at radius 2 is 1.70 bits per heavy atom. The van der Waals surface area contributed by atoms with Crippen molar-refractivity contribution in [1.29, 1.82) is 0 Å². The molecule has 0 aliphatic rings. The topological polar surface area (TPSA) is 99.2 Å². The van der Waals surface area contributed by atoms with Gasteiger partial charge in [0.25, 0.3) is 0 Å². The number of hydrogen-bond acceptors (Lipinski definition) is 7. The van der Waals surface area contributed by atoms with Crippen LogP contribution in [-0.2, 0) is 14.6 Å². The molecule has 2 aromatic carbocycles. The van der Waals surface area contributed by atoms with Gasteiger partial charge >= 0.3 is 0 Å². The second kappa shape index (κ2) is 12.2. The van der Waals surface area contributed by atoms with E-state index in [1.54, 1.807) is 42.3 Å². The largest absolute Gasteiger partial charge is 0.493 e. The van der Waals surface area contributed by atoms with E-state index in [0.717, 1.165) is 6.26 Å². The molecule has 9 heteroatoms. The molecule has 0 N–H and O–H groups in total. The zero-order valence-electron chi connectivity index (χ0n) is 19.5. The van der Waals surface area contributed by atoms with Crippen LogP contribution in [0.2, 0.25) is 0 Å². The fraction of sp³-hybridized carbons (Fsp3) is 0.417. The normalized spacial score (nSPS) is 11.0. The van der Waals surface area contributed by atoms with Gasteiger partial charge in [-0.05, 0) is 56.2 Å². The Morgan fingerprint density at radius 1 is 0.970 bits per heavy atom. The fourth-order valence-electron chi connectivity index (χ4n) is 3.01. The van der Waals surface area contributed by atoms with Gasteiger partial charge in [-0.15, -0.1) is 0 Å². The lowest BCUT2D eigenvalue weighted by atomic mass is 10.1. The molecule has 0 fully saturated rings. The number of carbonyl (C=O) groups is 2. The zero-order valence-corrected chi connectivity index (χ0v) is 20.3. The molecule has 8 nitrogen and oxygen atoms in total. The maximum Gasteiger partial charge on any atom is 0.222 e. The number of methoxy groups -OCH3 is 1. The zero-order chi connectivity index (χ0) is 24.4. The molecule has 0 spiro atoms. The molecular formula is C24H31NO7S. The highest BCUT2D eigenvalue weighted by molar-refractivity contribution is 7.90. The Morgan fingerprint density at radius 3 is 2.36 bits per heavy atom. The smallest absolute Gasteiger partial charge is 0.222 e. The van der Waals surface area contributed by atoms with Gasteiger partial charge in [0.1, 0.15) is 5.75 Å². The lowest BCUT2D eigenvalue weighted by Gasteiger charge is -2.17. The summed E-state index contributed by atoms with van der Waals surface area (Å²) in [5, 5.41) is 0. The standard InChI is InChI=1S/C24H31NO7S/c1-18(26)19-11-12-22(23(16-19)30-3)32-14-6-10-24(27)25(2)13-7-15-31-20-8-5-9-21(17-20)33(4,28)29/h5,8-9,11-12,16-17H,6-7,10,13-15H2,1-4H3. The van der Waals surface area contributed by atoms with Crippen LogP contribution in [0.4, 0.5) is 0 Å². The van der Waals surface area contributed by atoms with Crippen LogP contribution in [0.1, 0.15) is 36.5 Å². The number of sulfone groups is 1. The number of amides is 1. The second-order valence-electron chi connectivity index (χ2n) is 7.64. The van der Waals surface area contributed by atoms with Gasteiger partial charge in [0, 0.05) is 31.8 Å². The molecule has 0 aliphatic heterocycles. The van der Waals surface area contributed by atoms with Gasteiger partial charge in [-0.1, -0.05) is 6.07 Å². The molecule has 0 unspecified atom stereocenters. The molecule has 2 rings (SSSR count). The number of hydrogen-bond donors (Lipinski definition) is 0. The van der Waals surface area contributed by atoms with E-state index in [4.69, 9.17) is 14.2 Å². The summed E-state index contributed by atoms with van der Waals surface area (Å²) in [4.78, 5) is 25.6. The number of ether oxygens (including phenoxy) is 3. The third-order valence-electron chi connectivity index (χ3n) is 4.93. The van der Waals surface area contributed by atoms with E-state index >= 15 is 0 Å². The van der Waals surface area contributed by atoms with E-state index in [1.165, 1.54) is 26.2 Å². The van der Waals surface area contributed by atoms with Crippen LogP contribution < -0.4 is 14.2 Å². The molecule has 0 atom stereocenters. The van der Waals surface area contributed by atoms with Crippen molar-refractivity contribution in [1.82, 2.24) is 4.90 Å². The van der Waals surface area contributed by atoms with Crippen molar-refractivity contribution in [2.45, 2.75) is 31.1 Å². The Bertz CT molecular complexity index is 1070. The van der Waals surface area contributed by atoms with Crippen LogP contribution in [0, 0.1) is 0 Å². The summed E-state index contributed by atoms with van der Waals surface area (Å²) in [6, 6.07) is 11.4. The summed E-state index contributed by atoms with van der Waals surface area (Å²) in [6.07, 6.45) is 2.64. The summed E-state index contributed by atoms with van der Waals surface area (Å²) in [5.41, 5.74) is 0.545. The van der Waals surface area contributed by atoms with Crippen molar-refractivity contribution in [3.8, 4) is 17.2 Å². The molecule has 0 heterocycles. The third-order valence-corrected chi connectivity index (χ3v) is 6.04. The molecule has 0 saturated carbocycles. The Balaban J connectivity index is 1.69. The first-order valence-electron chi connectivity index (χ1n) is 10.6. The minimum atomic E-state index is -3.28. The van der Waals surface area contributed by atoms with Gasteiger partial charge in [-0.3, -0.25) is 9.59 Å². The lowest BCUT2D eigenvalue weighted by molar-refractivity contribution is -0.130. The maximum atomic E-state index is 12.3. The summed E-state index contributed by atoms with van der Waals surface area (Å²) in [7, 11) is -0.0389. The molecule has 0 radical (unpaired) electrons. The number of nitrogens with zero attached hydrogens (tertiary/aromatic N) is 1. The maximum absolute atomic E-state index is 12.3. The highest BCUT2D eigenvalue weighted by Gasteiger charge is 2.11. The number of carbonyl (C=O) groups excluding carboxylic acids is 2. The van der Waals surface area contributed by atoms with E-state index in [-0.39, 0.29) is 16.6 Å². The molecule has 1 amide bonds. The van der Waals surface area contributed by atoms with Crippen molar-refractivity contribution < 1.29 is 32.2 Å². The Hall–Kier alpha value is -3.07. The minimum absolute atomic E-state index is 0.00318. The number of benzene rings is 2. The van der Waals surface area contributed by atoms with E-state index in [0.29, 0.717) is 61.8 Å². The first-order chi connectivity index (χ1) is 15.6. The highest BCUT2D eigenvalue weighted by atomic mass is 32.2. The fourth-order valence-corrected chi connectivity index (χ4v) is 3.67. The van der Waals surface area contributed by atoms with Gasteiger partial charge in [0.15, 0.2) is 27.1 Å². The monoisotopic (exact) mass is 477 g/mol. The van der Waals surface area contributed by atoms with Crippen LogP contribution in [-0.4, -0.2) is 65.2 Å². The van der Waals surface area contributed by atoms with Crippen molar-refractivity contribution in [2.75, 3.05) is 40.2 Å². The quantitative estimate of drug-likeness (QED) is 0.322. The highest BCUT2D eigenvalue weighted by Crippen LogP contribution is 2.28. The molecule has 0 bridgehead atoms. The van der Waals surface area contributed by atoms with Crippen molar-refractivity contribution in [3.05, 3.63) is 48.0 Å². The molecule has 2 aromatic rings. The summed E-state index contributed by atoms with van der Waals surface area (Å²) in [5.74, 6) is 1.43. The van der Waals surface area contributed by atoms with Gasteiger partial charge in [0.2, 0.25) is 5.91 Å². The molecule has 33 heavy (non-hydrogen) atoms. The van der Waals surface area contributed by atoms with Crippen LogP contribution in [0.5, 0.6) is 17.2 Å². The van der Waals surface area contributed by atoms with Crippen LogP contribution in [0.25, 0.3) is 0 Å². The summed E-state index contributed by atoms with van der Waals surface area (Å²) >= 11 is 0. The predicted molar refractivity (Wildman–Crippen MR) is 125 cm³/mol. The minimum Gasteiger partial charge on any atom is -0.493 e. The summed E-state index contributed by atoms with van der Waals surface area (Å²) < 4.78 is 39.8. The van der Waals surface area contributed by atoms with Crippen molar-refractivity contribution in [2.24, 2.45) is 0 Å². The van der Waals surface area contributed by atoms with Gasteiger partial charge in [-0.25, -0.2) is 8.42 Å². The van der Waals surface area contributed by atoms with E-state index in [2.05, 4.69) is 0 Å². The van der Waals surface area contributed by atoms with Gasteiger partial charge in [-0.2, -0.15) is 0 Å². The average Bonchev–Trinajstić information content (AvgIpc) is 2.78. The molecular weight excluding hydrogens is 446 g/mol. The molecule has 0 aromatic heterocycles. The van der Waals surface area contributed by atoms with E-state index in [9.17, 15) is 18.0 Å². The average molecular weight is 478 g/mol. The molecule has 0 saturated heterocycles. The Kier molecular flexibility index (Phi) is 9.72. The van der Waals surface area contributed by atoms with Crippen molar-refractivity contribution >= 4 is 21.5 Å². The van der Waals surface area contributed by atoms with Crippen LogP contribution in [0.3, 0.4) is 0 Å². The number of rotatable bonds is 13.